The molecule has 1 fully saturated rings. The van der Waals surface area contributed by atoms with Gasteiger partial charge in [0.1, 0.15) is 11.8 Å². The molecule has 3 amide bonds. The van der Waals surface area contributed by atoms with Crippen LogP contribution >= 0.6 is 11.3 Å². The van der Waals surface area contributed by atoms with E-state index in [1.165, 1.54) is 16.2 Å². The van der Waals surface area contributed by atoms with Crippen molar-refractivity contribution in [3.05, 3.63) is 41.7 Å². The van der Waals surface area contributed by atoms with E-state index in [1.54, 1.807) is 17.2 Å². The van der Waals surface area contributed by atoms with E-state index in [1.807, 2.05) is 30.5 Å². The van der Waals surface area contributed by atoms with Gasteiger partial charge in [-0.2, -0.15) is 0 Å². The lowest BCUT2D eigenvalue weighted by Gasteiger charge is -2.48. The summed E-state index contributed by atoms with van der Waals surface area (Å²) >= 11 is 1.49. The number of carbonyl (C=O) groups is 2. The molecule has 2 aromatic rings. The summed E-state index contributed by atoms with van der Waals surface area (Å²) in [5.41, 5.74) is 0. The Labute approximate surface area is 177 Å². The van der Waals surface area contributed by atoms with Gasteiger partial charge < -0.3 is 8.84 Å². The second-order valence-electron chi connectivity index (χ2n) is 7.34. The second-order valence-corrected chi connectivity index (χ2v) is 13.0. The van der Waals surface area contributed by atoms with E-state index in [4.69, 9.17) is 8.84 Å². The smallest absolute Gasteiger partial charge is 0.332 e. The molecule has 0 aliphatic carbocycles. The highest BCUT2D eigenvalue weighted by Crippen LogP contribution is 2.42. The van der Waals surface area contributed by atoms with Gasteiger partial charge in [0.2, 0.25) is 0 Å². The fourth-order valence-corrected chi connectivity index (χ4v) is 7.39. The first-order valence-electron chi connectivity index (χ1n) is 10.4. The minimum atomic E-state index is -2.02. The molecule has 3 rings (SSSR count). The van der Waals surface area contributed by atoms with Crippen LogP contribution in [0.3, 0.4) is 0 Å². The lowest BCUT2D eigenvalue weighted by molar-refractivity contribution is -0.159. The molecular formula is C21H30N2O4SSi. The van der Waals surface area contributed by atoms with E-state index in [9.17, 15) is 9.59 Å². The van der Waals surface area contributed by atoms with Crippen LogP contribution in [-0.2, 0) is 9.22 Å². The van der Waals surface area contributed by atoms with Crippen molar-refractivity contribution in [2.24, 2.45) is 0 Å². The third-order valence-electron chi connectivity index (χ3n) is 5.85. The maximum absolute atomic E-state index is 13.4. The van der Waals surface area contributed by atoms with E-state index >= 15 is 0 Å². The Bertz CT molecular complexity index is 797. The number of nitrogens with zero attached hydrogens (tertiary/aromatic N) is 2. The monoisotopic (exact) mass is 434 g/mol. The topological polar surface area (TPSA) is 63.0 Å². The summed E-state index contributed by atoms with van der Waals surface area (Å²) in [7, 11) is -2.02. The van der Waals surface area contributed by atoms with Gasteiger partial charge in [-0.25, -0.2) is 9.69 Å². The van der Waals surface area contributed by atoms with Crippen molar-refractivity contribution in [1.29, 1.82) is 0 Å². The Hall–Kier alpha value is -1.90. The van der Waals surface area contributed by atoms with Gasteiger partial charge in [0.15, 0.2) is 14.4 Å². The second kappa shape index (κ2) is 9.28. The molecule has 0 unspecified atom stereocenters. The molecule has 3 heterocycles. The fraction of sp³-hybridized carbons (Fsp3) is 0.524. The Morgan fingerprint density at radius 1 is 1.21 bits per heavy atom. The molecule has 0 spiro atoms. The fourth-order valence-electron chi connectivity index (χ4n) is 3.87. The van der Waals surface area contributed by atoms with E-state index in [0.717, 1.165) is 29.6 Å². The van der Waals surface area contributed by atoms with Crippen molar-refractivity contribution < 1.29 is 18.4 Å². The molecule has 0 N–H and O–H groups in total. The quantitative estimate of drug-likeness (QED) is 0.378. The van der Waals surface area contributed by atoms with Crippen LogP contribution in [-0.4, -0.2) is 37.8 Å². The molecule has 0 saturated carbocycles. The van der Waals surface area contributed by atoms with Crippen molar-refractivity contribution in [1.82, 2.24) is 4.90 Å². The predicted molar refractivity (Wildman–Crippen MR) is 118 cm³/mol. The lowest BCUT2D eigenvalue weighted by Crippen LogP contribution is -2.66. The van der Waals surface area contributed by atoms with Crippen molar-refractivity contribution >= 4 is 36.6 Å². The van der Waals surface area contributed by atoms with E-state index < -0.39 is 20.5 Å². The zero-order valence-corrected chi connectivity index (χ0v) is 19.4. The molecular weight excluding hydrogens is 404 g/mol. The number of imide groups is 1. The highest BCUT2D eigenvalue weighted by molar-refractivity contribution is 7.14. The van der Waals surface area contributed by atoms with Crippen molar-refractivity contribution in [3.63, 3.8) is 0 Å². The van der Waals surface area contributed by atoms with Crippen molar-refractivity contribution in [3.8, 4) is 0 Å². The van der Waals surface area contributed by atoms with Crippen LogP contribution in [0.2, 0.25) is 18.1 Å². The molecule has 0 bridgehead atoms. The van der Waals surface area contributed by atoms with Gasteiger partial charge in [0.25, 0.3) is 5.91 Å². The molecule has 1 saturated heterocycles. The van der Waals surface area contributed by atoms with E-state index in [2.05, 4.69) is 20.8 Å². The summed E-state index contributed by atoms with van der Waals surface area (Å²) in [4.78, 5) is 29.5. The molecule has 8 heteroatoms. The number of urea groups is 1. The number of β-lactam (4-membered cyclic amide) rings is 1. The molecule has 29 heavy (non-hydrogen) atoms. The number of likely N-dealkylation sites (tertiary alicyclic amines) is 1. The average molecular weight is 435 g/mol. The van der Waals surface area contributed by atoms with Crippen LogP contribution in [0, 0.1) is 0 Å². The summed E-state index contributed by atoms with van der Waals surface area (Å²) in [6.07, 6.45) is 1.73. The van der Waals surface area contributed by atoms with Gasteiger partial charge in [0.05, 0.1) is 11.3 Å². The normalized spacial score (nSPS) is 19.3. The third-order valence-corrected chi connectivity index (χ3v) is 11.4. The van der Waals surface area contributed by atoms with Gasteiger partial charge in [-0.1, -0.05) is 27.7 Å². The van der Waals surface area contributed by atoms with Crippen LogP contribution in [0.1, 0.15) is 45.9 Å². The van der Waals surface area contributed by atoms with Gasteiger partial charge in [-0.3, -0.25) is 9.69 Å². The highest BCUT2D eigenvalue weighted by Gasteiger charge is 2.57. The Morgan fingerprint density at radius 3 is 2.45 bits per heavy atom. The molecule has 0 radical (unpaired) electrons. The summed E-state index contributed by atoms with van der Waals surface area (Å²) in [6.45, 7) is 8.97. The standard InChI is InChI=1S/C21H30N2O4SSi/c1-5-13-22(17-12-10-15-28-17)21(25)23-18(16-11-9-14-26-16)19(20(23)24)27-29(6-2,7-3)8-4/h9-12,14-15,18-19H,5-8,13H2,1-4H3/t18-,19+/m1/s1. The number of rotatable bonds is 9. The van der Waals surface area contributed by atoms with E-state index in [-0.39, 0.29) is 11.9 Å². The highest BCUT2D eigenvalue weighted by atomic mass is 32.1. The number of anilines is 1. The largest absolute Gasteiger partial charge is 0.467 e. The molecule has 1 aliphatic rings. The first kappa shape index (κ1) is 21.8. The number of thiophene rings is 1. The van der Waals surface area contributed by atoms with Gasteiger partial charge in [-0.05, 0) is 54.2 Å². The van der Waals surface area contributed by atoms with E-state index in [0.29, 0.717) is 12.3 Å². The Kier molecular flexibility index (Phi) is 6.97. The van der Waals surface area contributed by atoms with Crippen molar-refractivity contribution in [2.45, 2.75) is 64.4 Å². The zero-order chi connectivity index (χ0) is 21.0. The lowest BCUT2D eigenvalue weighted by atomic mass is 9.96. The van der Waals surface area contributed by atoms with Crippen LogP contribution < -0.4 is 4.90 Å². The summed E-state index contributed by atoms with van der Waals surface area (Å²) in [6, 6.07) is 9.42. The number of carbonyl (C=O) groups excluding carboxylic acids is 2. The average Bonchev–Trinajstić information content (AvgIpc) is 3.45. The van der Waals surface area contributed by atoms with Gasteiger partial charge in [0, 0.05) is 6.54 Å². The number of amides is 3. The maximum Gasteiger partial charge on any atom is 0.332 e. The van der Waals surface area contributed by atoms with Crippen molar-refractivity contribution in [2.75, 3.05) is 11.4 Å². The zero-order valence-electron chi connectivity index (χ0n) is 17.6. The first-order chi connectivity index (χ1) is 14.0. The number of furan rings is 1. The molecule has 6 nitrogen and oxygen atoms in total. The SMILES string of the molecule is CCCN(C(=O)N1C(=O)[C@@H](O[Si](CC)(CC)CC)[C@H]1c1ccco1)c1cccs1. The number of hydrogen-bond acceptors (Lipinski definition) is 5. The molecule has 0 aromatic carbocycles. The summed E-state index contributed by atoms with van der Waals surface area (Å²) in [5.74, 6) is 0.332. The predicted octanol–water partition coefficient (Wildman–Crippen LogP) is 5.65. The molecule has 2 atom stereocenters. The minimum Gasteiger partial charge on any atom is -0.467 e. The Morgan fingerprint density at radius 2 is 1.93 bits per heavy atom. The molecule has 1 aliphatic heterocycles. The maximum atomic E-state index is 13.4. The van der Waals surface area contributed by atoms with Crippen LogP contribution in [0.4, 0.5) is 9.80 Å². The Balaban J connectivity index is 1.90. The number of hydrogen-bond donors (Lipinski definition) is 0. The van der Waals surface area contributed by atoms with Crippen LogP contribution in [0.5, 0.6) is 0 Å². The van der Waals surface area contributed by atoms with Crippen LogP contribution in [0.15, 0.2) is 40.3 Å². The summed E-state index contributed by atoms with van der Waals surface area (Å²) in [5, 5.41) is 2.77. The van der Waals surface area contributed by atoms with Crippen LogP contribution in [0.25, 0.3) is 0 Å². The summed E-state index contributed by atoms with van der Waals surface area (Å²) < 4.78 is 12.1. The van der Waals surface area contributed by atoms with Gasteiger partial charge in [-0.15, -0.1) is 11.3 Å². The molecule has 158 valence electrons. The third kappa shape index (κ3) is 4.06. The van der Waals surface area contributed by atoms with Gasteiger partial charge >= 0.3 is 6.03 Å². The molecule has 2 aromatic heterocycles. The minimum absolute atomic E-state index is 0.263. The first-order valence-corrected chi connectivity index (χ1v) is 13.8.